The van der Waals surface area contributed by atoms with Crippen LogP contribution in [-0.4, -0.2) is 42.4 Å². The van der Waals surface area contributed by atoms with Gasteiger partial charge in [-0.3, -0.25) is 14.3 Å². The number of carbonyl (C=O) groups excluding carboxylic acids is 2. The van der Waals surface area contributed by atoms with Crippen LogP contribution >= 0.6 is 0 Å². The lowest BCUT2D eigenvalue weighted by atomic mass is 10.1. The third-order valence-corrected chi connectivity index (χ3v) is 5.64. The number of rotatable bonds is 8. The maximum atomic E-state index is 12.8. The Bertz CT molecular complexity index is 1100. The number of ether oxygens (including phenoxy) is 2. The highest BCUT2D eigenvalue weighted by Crippen LogP contribution is 2.34. The first-order chi connectivity index (χ1) is 15.6. The molecule has 4 rings (SSSR count). The summed E-state index contributed by atoms with van der Waals surface area (Å²) in [5.74, 6) is 0.506. The van der Waals surface area contributed by atoms with Crippen LogP contribution in [0.15, 0.2) is 60.9 Å². The molecule has 0 saturated carbocycles. The van der Waals surface area contributed by atoms with Crippen molar-refractivity contribution >= 4 is 17.5 Å². The zero-order valence-corrected chi connectivity index (χ0v) is 18.2. The van der Waals surface area contributed by atoms with Crippen molar-refractivity contribution in [3.05, 3.63) is 72.1 Å². The first-order valence-corrected chi connectivity index (χ1v) is 10.4. The molecule has 1 aromatic heterocycles. The summed E-state index contributed by atoms with van der Waals surface area (Å²) in [7, 11) is 3.11. The summed E-state index contributed by atoms with van der Waals surface area (Å²) in [6.07, 6.45) is 3.82. The fourth-order valence-electron chi connectivity index (χ4n) is 3.90. The van der Waals surface area contributed by atoms with E-state index in [-0.39, 0.29) is 18.2 Å². The summed E-state index contributed by atoms with van der Waals surface area (Å²) >= 11 is 0. The molecule has 2 heterocycles. The first kappa shape index (κ1) is 21.4. The third-order valence-electron chi connectivity index (χ3n) is 5.64. The minimum Gasteiger partial charge on any atom is -0.493 e. The van der Waals surface area contributed by atoms with Crippen LogP contribution < -0.4 is 19.7 Å². The van der Waals surface area contributed by atoms with E-state index in [0.717, 1.165) is 11.1 Å². The number of anilines is 1. The van der Waals surface area contributed by atoms with Crippen LogP contribution in [0.1, 0.15) is 17.5 Å². The van der Waals surface area contributed by atoms with E-state index in [4.69, 9.17) is 9.47 Å². The van der Waals surface area contributed by atoms with E-state index in [1.54, 1.807) is 43.5 Å². The smallest absolute Gasteiger partial charge is 0.227 e. The lowest BCUT2D eigenvalue weighted by molar-refractivity contribution is -0.126. The molecule has 3 aromatic rings. The van der Waals surface area contributed by atoms with E-state index in [2.05, 4.69) is 10.4 Å². The van der Waals surface area contributed by atoms with Crippen molar-refractivity contribution in [1.29, 1.82) is 0 Å². The van der Waals surface area contributed by atoms with E-state index < -0.39 is 5.92 Å². The van der Waals surface area contributed by atoms with Crippen LogP contribution in [0.3, 0.4) is 0 Å². The number of benzene rings is 2. The second-order valence-corrected chi connectivity index (χ2v) is 7.63. The molecular weight excluding hydrogens is 408 g/mol. The van der Waals surface area contributed by atoms with Gasteiger partial charge in [-0.05, 0) is 29.3 Å². The SMILES string of the molecule is COc1ccc(N2CC(C(=O)NCc3ccccc3Cn3cccn3)CC2=O)cc1OC. The van der Waals surface area contributed by atoms with Gasteiger partial charge in [0, 0.05) is 43.7 Å². The number of methoxy groups -OCH3 is 2. The molecule has 166 valence electrons. The third kappa shape index (κ3) is 4.59. The van der Waals surface area contributed by atoms with Crippen molar-refractivity contribution in [1.82, 2.24) is 15.1 Å². The number of hydrogen-bond acceptors (Lipinski definition) is 5. The molecular formula is C24H26N4O4. The van der Waals surface area contributed by atoms with Crippen LogP contribution in [0, 0.1) is 5.92 Å². The molecule has 1 aliphatic heterocycles. The van der Waals surface area contributed by atoms with Crippen molar-refractivity contribution in [2.75, 3.05) is 25.7 Å². The van der Waals surface area contributed by atoms with Crippen LogP contribution in [0.25, 0.3) is 0 Å². The number of hydrogen-bond donors (Lipinski definition) is 1. The van der Waals surface area contributed by atoms with E-state index >= 15 is 0 Å². The highest BCUT2D eigenvalue weighted by Gasteiger charge is 2.35. The Morgan fingerprint density at radius 2 is 1.88 bits per heavy atom. The maximum Gasteiger partial charge on any atom is 0.227 e. The average Bonchev–Trinajstić information content (AvgIpc) is 3.47. The van der Waals surface area contributed by atoms with Crippen molar-refractivity contribution in [2.45, 2.75) is 19.5 Å². The summed E-state index contributed by atoms with van der Waals surface area (Å²) in [6, 6.07) is 15.1. The lowest BCUT2D eigenvalue weighted by Crippen LogP contribution is -2.32. The fourth-order valence-corrected chi connectivity index (χ4v) is 3.90. The van der Waals surface area contributed by atoms with Gasteiger partial charge in [0.2, 0.25) is 11.8 Å². The summed E-state index contributed by atoms with van der Waals surface area (Å²) in [4.78, 5) is 27.1. The van der Waals surface area contributed by atoms with Crippen molar-refractivity contribution in [3.63, 3.8) is 0 Å². The number of nitrogens with zero attached hydrogens (tertiary/aromatic N) is 3. The quantitative estimate of drug-likeness (QED) is 0.589. The van der Waals surface area contributed by atoms with Crippen LogP contribution in [0.5, 0.6) is 11.5 Å². The van der Waals surface area contributed by atoms with Gasteiger partial charge in [0.1, 0.15) is 0 Å². The van der Waals surface area contributed by atoms with Gasteiger partial charge >= 0.3 is 0 Å². The van der Waals surface area contributed by atoms with Crippen LogP contribution in [0.4, 0.5) is 5.69 Å². The minimum absolute atomic E-state index is 0.0866. The molecule has 1 saturated heterocycles. The molecule has 0 bridgehead atoms. The molecule has 8 nitrogen and oxygen atoms in total. The molecule has 0 spiro atoms. The molecule has 1 aliphatic rings. The molecule has 1 atom stereocenters. The molecule has 8 heteroatoms. The zero-order chi connectivity index (χ0) is 22.5. The van der Waals surface area contributed by atoms with Gasteiger partial charge < -0.3 is 19.7 Å². The Kier molecular flexibility index (Phi) is 6.39. The second-order valence-electron chi connectivity index (χ2n) is 7.63. The largest absolute Gasteiger partial charge is 0.493 e. The van der Waals surface area contributed by atoms with Crippen molar-refractivity contribution in [3.8, 4) is 11.5 Å². The zero-order valence-electron chi connectivity index (χ0n) is 18.2. The summed E-state index contributed by atoms with van der Waals surface area (Å²) in [5, 5.41) is 7.25. The first-order valence-electron chi connectivity index (χ1n) is 10.4. The fraction of sp³-hybridized carbons (Fsp3) is 0.292. The molecule has 0 aliphatic carbocycles. The van der Waals surface area contributed by atoms with Crippen molar-refractivity contribution in [2.24, 2.45) is 5.92 Å². The molecule has 1 unspecified atom stereocenters. The van der Waals surface area contributed by atoms with Gasteiger partial charge in [0.25, 0.3) is 0 Å². The normalized spacial score (nSPS) is 15.6. The molecule has 32 heavy (non-hydrogen) atoms. The predicted octanol–water partition coefficient (Wildman–Crippen LogP) is 2.62. The monoisotopic (exact) mass is 434 g/mol. The minimum atomic E-state index is -0.408. The molecule has 0 radical (unpaired) electrons. The standard InChI is InChI=1S/C24H26N4O4/c1-31-21-9-8-20(13-22(21)32-2)28-16-19(12-23(28)29)24(30)25-14-17-6-3-4-7-18(17)15-27-11-5-10-26-27/h3-11,13,19H,12,14-16H2,1-2H3,(H,25,30). The van der Waals surface area contributed by atoms with E-state index in [1.807, 2.05) is 41.2 Å². The van der Waals surface area contributed by atoms with Crippen LogP contribution in [0.2, 0.25) is 0 Å². The second kappa shape index (κ2) is 9.55. The number of nitrogens with one attached hydrogen (secondary N) is 1. The van der Waals surface area contributed by atoms with Gasteiger partial charge in [-0.1, -0.05) is 24.3 Å². The molecule has 1 N–H and O–H groups in total. The Morgan fingerprint density at radius 1 is 1.09 bits per heavy atom. The average molecular weight is 434 g/mol. The molecule has 2 aromatic carbocycles. The Balaban J connectivity index is 1.40. The summed E-state index contributed by atoms with van der Waals surface area (Å²) < 4.78 is 12.4. The maximum absolute atomic E-state index is 12.8. The highest BCUT2D eigenvalue weighted by molar-refractivity contribution is 6.00. The highest BCUT2D eigenvalue weighted by atomic mass is 16.5. The van der Waals surface area contributed by atoms with Gasteiger partial charge in [-0.15, -0.1) is 0 Å². The number of amides is 2. The van der Waals surface area contributed by atoms with Gasteiger partial charge in [-0.25, -0.2) is 0 Å². The van der Waals surface area contributed by atoms with Gasteiger partial charge in [-0.2, -0.15) is 5.10 Å². The van der Waals surface area contributed by atoms with E-state index in [1.165, 1.54) is 0 Å². The summed E-state index contributed by atoms with van der Waals surface area (Å²) in [5.41, 5.74) is 2.80. The van der Waals surface area contributed by atoms with Crippen LogP contribution in [-0.2, 0) is 22.7 Å². The molecule has 2 amide bonds. The number of aromatic nitrogens is 2. The van der Waals surface area contributed by atoms with Crippen molar-refractivity contribution < 1.29 is 19.1 Å². The Morgan fingerprint density at radius 3 is 2.59 bits per heavy atom. The van der Waals surface area contributed by atoms with Gasteiger partial charge in [0.05, 0.1) is 26.7 Å². The topological polar surface area (TPSA) is 85.7 Å². The predicted molar refractivity (Wildman–Crippen MR) is 120 cm³/mol. The Hall–Kier alpha value is -3.81. The lowest BCUT2D eigenvalue weighted by Gasteiger charge is -2.18. The number of carbonyl (C=O) groups is 2. The molecule has 1 fully saturated rings. The van der Waals surface area contributed by atoms with Gasteiger partial charge in [0.15, 0.2) is 11.5 Å². The summed E-state index contributed by atoms with van der Waals surface area (Å²) in [6.45, 7) is 1.36. The Labute approximate surface area is 186 Å². The van der Waals surface area contributed by atoms with E-state index in [9.17, 15) is 9.59 Å². The van der Waals surface area contributed by atoms with E-state index in [0.29, 0.717) is 36.8 Å².